The first-order chi connectivity index (χ1) is 6.70. The maximum absolute atomic E-state index is 9.09. The number of nitrogen functional groups attached to an aromatic ring is 1. The number of halogens is 1. The summed E-state index contributed by atoms with van der Waals surface area (Å²) in [6.45, 7) is -0.0419. The summed E-state index contributed by atoms with van der Waals surface area (Å²) in [5.74, 6) is 0. The topological polar surface area (TPSA) is 59.1 Å². The van der Waals surface area contributed by atoms with Crippen molar-refractivity contribution in [3.05, 3.63) is 21.3 Å². The lowest BCUT2D eigenvalue weighted by atomic mass is 10.3. The van der Waals surface area contributed by atoms with Gasteiger partial charge in [0.15, 0.2) is 5.13 Å². The average Bonchev–Trinajstić information content (AvgIpc) is 2.71. The smallest absolute Gasteiger partial charge is 0.180 e. The molecule has 0 bridgehead atoms. The van der Waals surface area contributed by atoms with E-state index < -0.39 is 0 Å². The summed E-state index contributed by atoms with van der Waals surface area (Å²) in [6.07, 6.45) is 0. The van der Waals surface area contributed by atoms with Crippen LogP contribution in [0.15, 0.2) is 12.1 Å². The van der Waals surface area contributed by atoms with Crippen LogP contribution in [0.1, 0.15) is 4.88 Å². The zero-order valence-electron chi connectivity index (χ0n) is 7.03. The molecular weight excluding hydrogens is 240 g/mol. The number of aliphatic hydroxyl groups is 1. The van der Waals surface area contributed by atoms with Crippen LogP contribution < -0.4 is 5.73 Å². The molecular formula is C8H7ClN2OS2. The Bertz CT molecular complexity index is 452. The van der Waals surface area contributed by atoms with Crippen LogP contribution in [0.4, 0.5) is 5.13 Å². The second-order valence-electron chi connectivity index (χ2n) is 2.59. The van der Waals surface area contributed by atoms with E-state index in [0.717, 1.165) is 15.4 Å². The van der Waals surface area contributed by atoms with Crippen molar-refractivity contribution in [2.24, 2.45) is 0 Å². The van der Waals surface area contributed by atoms with Crippen LogP contribution in [0.5, 0.6) is 0 Å². The summed E-state index contributed by atoms with van der Waals surface area (Å²) in [6, 6.07) is 3.68. The van der Waals surface area contributed by atoms with Crippen molar-refractivity contribution in [3.8, 4) is 10.6 Å². The second kappa shape index (κ2) is 3.86. The first-order valence-corrected chi connectivity index (χ1v) is 5.83. The van der Waals surface area contributed by atoms with Crippen molar-refractivity contribution in [2.45, 2.75) is 6.61 Å². The van der Waals surface area contributed by atoms with Crippen molar-refractivity contribution in [2.75, 3.05) is 5.73 Å². The first-order valence-electron chi connectivity index (χ1n) is 3.82. The quantitative estimate of drug-likeness (QED) is 0.856. The van der Waals surface area contributed by atoms with E-state index in [4.69, 9.17) is 22.4 Å². The molecule has 3 nitrogen and oxygen atoms in total. The summed E-state index contributed by atoms with van der Waals surface area (Å²) in [5, 5.41) is 9.55. The largest absolute Gasteiger partial charge is 0.391 e. The minimum absolute atomic E-state index is 0.0419. The number of anilines is 1. The number of hydrogen-bond acceptors (Lipinski definition) is 5. The van der Waals surface area contributed by atoms with Crippen LogP contribution >= 0.6 is 34.3 Å². The Hall–Kier alpha value is -0.620. The number of aromatic nitrogens is 1. The highest BCUT2D eigenvalue weighted by Gasteiger charge is 2.12. The maximum atomic E-state index is 9.09. The highest BCUT2D eigenvalue weighted by atomic mass is 35.5. The summed E-state index contributed by atoms with van der Waals surface area (Å²) in [7, 11) is 0. The van der Waals surface area contributed by atoms with E-state index in [1.807, 2.05) is 6.07 Å². The molecule has 0 saturated heterocycles. The third kappa shape index (κ3) is 1.76. The molecule has 0 aliphatic rings. The molecule has 0 atom stereocenters. The molecule has 0 unspecified atom stereocenters. The number of rotatable bonds is 2. The SMILES string of the molecule is Nc1nc(-c2ccc(Cl)s2)c(CO)s1. The van der Waals surface area contributed by atoms with Crippen LogP contribution in [0.3, 0.4) is 0 Å². The Kier molecular flexibility index (Phi) is 2.73. The molecule has 0 saturated carbocycles. The molecule has 2 aromatic rings. The Morgan fingerprint density at radius 3 is 2.79 bits per heavy atom. The Morgan fingerprint density at radius 1 is 1.43 bits per heavy atom. The molecule has 2 aromatic heterocycles. The van der Waals surface area contributed by atoms with E-state index in [9.17, 15) is 0 Å². The first kappa shape index (κ1) is 9.92. The lowest BCUT2D eigenvalue weighted by molar-refractivity contribution is 0.286. The number of nitrogens with zero attached hydrogens (tertiary/aromatic N) is 1. The molecule has 0 aliphatic heterocycles. The van der Waals surface area contributed by atoms with Crippen LogP contribution in [0, 0.1) is 0 Å². The van der Waals surface area contributed by atoms with Gasteiger partial charge in [-0.3, -0.25) is 0 Å². The standard InChI is InChI=1S/C8H7ClN2OS2/c9-6-2-1-4(13-6)7-5(3-12)14-8(10)11-7/h1-2,12H,3H2,(H2,10,11). The third-order valence-corrected chi connectivity index (χ3v) is 3.77. The molecule has 0 aromatic carbocycles. The predicted molar refractivity (Wildman–Crippen MR) is 60.8 cm³/mol. The van der Waals surface area contributed by atoms with Crippen LogP contribution in [0.25, 0.3) is 10.6 Å². The highest BCUT2D eigenvalue weighted by Crippen LogP contribution is 2.35. The van der Waals surface area contributed by atoms with Crippen molar-refractivity contribution in [3.63, 3.8) is 0 Å². The zero-order chi connectivity index (χ0) is 10.1. The van der Waals surface area contributed by atoms with E-state index in [1.54, 1.807) is 6.07 Å². The fraction of sp³-hybridized carbons (Fsp3) is 0.125. The summed E-state index contributed by atoms with van der Waals surface area (Å²) >= 11 is 8.54. The van der Waals surface area contributed by atoms with Crippen LogP contribution in [-0.2, 0) is 6.61 Å². The van der Waals surface area contributed by atoms with Gasteiger partial charge in [0.05, 0.1) is 26.4 Å². The maximum Gasteiger partial charge on any atom is 0.180 e. The van der Waals surface area contributed by atoms with Gasteiger partial charge < -0.3 is 10.8 Å². The number of thiazole rings is 1. The van der Waals surface area contributed by atoms with E-state index in [2.05, 4.69) is 4.98 Å². The fourth-order valence-electron chi connectivity index (χ4n) is 1.11. The molecule has 3 N–H and O–H groups in total. The highest BCUT2D eigenvalue weighted by molar-refractivity contribution is 7.20. The number of nitrogens with two attached hydrogens (primary N) is 1. The van der Waals surface area contributed by atoms with Gasteiger partial charge in [-0.25, -0.2) is 4.98 Å². The molecule has 2 heterocycles. The zero-order valence-corrected chi connectivity index (χ0v) is 9.42. The molecule has 0 radical (unpaired) electrons. The van der Waals surface area contributed by atoms with Gasteiger partial charge in [-0.15, -0.1) is 11.3 Å². The van der Waals surface area contributed by atoms with Crippen LogP contribution in [0.2, 0.25) is 4.34 Å². The van der Waals surface area contributed by atoms with Gasteiger partial charge in [0.2, 0.25) is 0 Å². The second-order valence-corrected chi connectivity index (χ2v) is 5.42. The summed E-state index contributed by atoms with van der Waals surface area (Å²) in [4.78, 5) is 5.87. The average molecular weight is 247 g/mol. The Morgan fingerprint density at radius 2 is 2.21 bits per heavy atom. The van der Waals surface area contributed by atoms with E-state index >= 15 is 0 Å². The normalized spacial score (nSPS) is 10.7. The van der Waals surface area contributed by atoms with Gasteiger partial charge >= 0.3 is 0 Å². The van der Waals surface area contributed by atoms with Gasteiger partial charge in [0.25, 0.3) is 0 Å². The number of aliphatic hydroxyl groups excluding tert-OH is 1. The molecule has 74 valence electrons. The van der Waals surface area contributed by atoms with Gasteiger partial charge in [-0.05, 0) is 12.1 Å². The third-order valence-electron chi connectivity index (χ3n) is 1.66. The Labute approximate surface area is 93.8 Å². The number of thiophene rings is 1. The van der Waals surface area contributed by atoms with Crippen molar-refractivity contribution < 1.29 is 5.11 Å². The molecule has 2 rings (SSSR count). The predicted octanol–water partition coefficient (Wildman–Crippen LogP) is 2.60. The molecule has 6 heteroatoms. The van der Waals surface area contributed by atoms with E-state index in [-0.39, 0.29) is 6.61 Å². The van der Waals surface area contributed by atoms with Gasteiger partial charge in [0, 0.05) is 0 Å². The van der Waals surface area contributed by atoms with Gasteiger partial charge in [0.1, 0.15) is 0 Å². The molecule has 14 heavy (non-hydrogen) atoms. The summed E-state index contributed by atoms with van der Waals surface area (Å²) in [5.41, 5.74) is 6.31. The van der Waals surface area contributed by atoms with Gasteiger partial charge in [-0.2, -0.15) is 0 Å². The number of hydrogen-bond donors (Lipinski definition) is 2. The van der Waals surface area contributed by atoms with Crippen molar-refractivity contribution >= 4 is 39.4 Å². The molecule has 0 aliphatic carbocycles. The molecule has 0 spiro atoms. The molecule has 0 amide bonds. The van der Waals surface area contributed by atoms with Crippen LogP contribution in [-0.4, -0.2) is 10.1 Å². The lowest BCUT2D eigenvalue weighted by Gasteiger charge is -1.93. The van der Waals surface area contributed by atoms with E-state index in [0.29, 0.717) is 9.47 Å². The van der Waals surface area contributed by atoms with E-state index in [1.165, 1.54) is 22.7 Å². The van der Waals surface area contributed by atoms with Gasteiger partial charge in [-0.1, -0.05) is 22.9 Å². The lowest BCUT2D eigenvalue weighted by Crippen LogP contribution is -1.83. The monoisotopic (exact) mass is 246 g/mol. The fourth-order valence-corrected chi connectivity index (χ4v) is 2.94. The Balaban J connectivity index is 2.49. The summed E-state index contributed by atoms with van der Waals surface area (Å²) < 4.78 is 0.704. The van der Waals surface area contributed by atoms with Crippen molar-refractivity contribution in [1.29, 1.82) is 0 Å². The molecule has 0 fully saturated rings. The minimum Gasteiger partial charge on any atom is -0.391 e. The minimum atomic E-state index is -0.0419. The van der Waals surface area contributed by atoms with Crippen molar-refractivity contribution in [1.82, 2.24) is 4.98 Å².